The van der Waals surface area contributed by atoms with Crippen molar-refractivity contribution in [3.05, 3.63) is 160 Å². The number of hydrogen-bond acceptors (Lipinski definition) is 11. The molecule has 4 aromatic rings. The number of carbonyl (C=O) groups is 1. The van der Waals surface area contributed by atoms with E-state index in [-0.39, 0.29) is 68.8 Å². The summed E-state index contributed by atoms with van der Waals surface area (Å²) in [5.41, 5.74) is 5.86. The van der Waals surface area contributed by atoms with Crippen molar-refractivity contribution in [2.75, 3.05) is 26.4 Å². The molecule has 66 heavy (non-hydrogen) atoms. The fourth-order valence-electron chi connectivity index (χ4n) is 9.97. The van der Waals surface area contributed by atoms with Gasteiger partial charge in [-0.1, -0.05) is 73.5 Å². The first-order valence-electron chi connectivity index (χ1n) is 23.2. The highest BCUT2D eigenvalue weighted by molar-refractivity contribution is 6.03. The number of rotatable bonds is 23. The molecule has 6 atom stereocenters. The van der Waals surface area contributed by atoms with Gasteiger partial charge < -0.3 is 34.2 Å². The third kappa shape index (κ3) is 11.1. The average molecular weight is 899 g/mol. The van der Waals surface area contributed by atoms with Crippen LogP contribution < -0.4 is 9.47 Å². The van der Waals surface area contributed by atoms with E-state index in [1.807, 2.05) is 79.4 Å². The number of nitro groups is 1. The molecule has 3 aromatic carbocycles. The van der Waals surface area contributed by atoms with E-state index < -0.39 is 22.7 Å². The van der Waals surface area contributed by atoms with Crippen molar-refractivity contribution in [3.8, 4) is 11.5 Å². The number of fused-ring (bicyclic) bond motifs is 2. The molecule has 1 amide bonds. The molecule has 0 saturated heterocycles. The molecule has 2 heterocycles. The standard InChI is InChI=1S/C53H62N4O9/c1-4-28-56(50(60)27-22-38-20-23-42(24-21-38)57(61)62)49-34-47(55-65-35-39-15-7-6-8-16-39)45-32-40(17-9-11-29-58)44(19-10-12-30-59)51-46-33-43(63-36-41-18-13-14-37(3)54-41)25-26-48(46)66-53(49,52(45)51)64-31-5-2/h5-8,13-16,18,20-27,32-33,40,44,49,51-52,58-59H,2,4,9-12,17,19,28-31,34-36H2,1,3H3. The second kappa shape index (κ2) is 22.8. The van der Waals surface area contributed by atoms with Gasteiger partial charge in [0.2, 0.25) is 11.7 Å². The summed E-state index contributed by atoms with van der Waals surface area (Å²) in [7, 11) is 0. The molecule has 6 unspecified atom stereocenters. The molecule has 2 N–H and O–H groups in total. The first kappa shape index (κ1) is 47.8. The number of pyridine rings is 1. The van der Waals surface area contributed by atoms with Gasteiger partial charge in [0.15, 0.2) is 0 Å². The number of carbonyl (C=O) groups excluding carboxylic acids is 1. The predicted octanol–water partition coefficient (Wildman–Crippen LogP) is 9.66. The largest absolute Gasteiger partial charge is 0.487 e. The van der Waals surface area contributed by atoms with Gasteiger partial charge >= 0.3 is 0 Å². The molecule has 3 aliphatic rings. The van der Waals surface area contributed by atoms with Gasteiger partial charge in [-0.25, -0.2) is 0 Å². The molecule has 0 radical (unpaired) electrons. The molecule has 0 bridgehead atoms. The number of benzene rings is 3. The van der Waals surface area contributed by atoms with Crippen LogP contribution >= 0.6 is 0 Å². The van der Waals surface area contributed by atoms with E-state index in [1.165, 1.54) is 18.2 Å². The zero-order valence-corrected chi connectivity index (χ0v) is 38.0. The topological polar surface area (TPSA) is 166 Å². The first-order valence-corrected chi connectivity index (χ1v) is 23.2. The van der Waals surface area contributed by atoms with Crippen LogP contribution in [-0.4, -0.2) is 74.8 Å². The molecule has 13 heteroatoms. The lowest BCUT2D eigenvalue weighted by Crippen LogP contribution is -2.70. The minimum Gasteiger partial charge on any atom is -0.487 e. The Hall–Kier alpha value is -6.15. The Kier molecular flexibility index (Phi) is 16.5. The second-order valence-electron chi connectivity index (χ2n) is 17.3. The third-order valence-electron chi connectivity index (χ3n) is 12.9. The van der Waals surface area contributed by atoms with Crippen LogP contribution in [-0.2, 0) is 27.6 Å². The fourth-order valence-corrected chi connectivity index (χ4v) is 9.97. The lowest BCUT2D eigenvalue weighted by molar-refractivity contribution is -0.384. The zero-order chi connectivity index (χ0) is 46.5. The van der Waals surface area contributed by atoms with E-state index in [2.05, 4.69) is 23.7 Å². The summed E-state index contributed by atoms with van der Waals surface area (Å²) in [6.45, 7) is 9.20. The molecule has 1 saturated carbocycles. The number of unbranched alkanes of at least 4 members (excludes halogenated alkanes) is 2. The van der Waals surface area contributed by atoms with Crippen molar-refractivity contribution in [1.82, 2.24) is 9.88 Å². The summed E-state index contributed by atoms with van der Waals surface area (Å²) in [6, 6.07) is 27.0. The summed E-state index contributed by atoms with van der Waals surface area (Å²) in [5, 5.41) is 36.3. The number of aryl methyl sites for hydroxylation is 1. The van der Waals surface area contributed by atoms with Crippen molar-refractivity contribution >= 4 is 23.4 Å². The van der Waals surface area contributed by atoms with E-state index in [0.29, 0.717) is 48.6 Å². The summed E-state index contributed by atoms with van der Waals surface area (Å²) >= 11 is 0. The molecule has 1 fully saturated rings. The quantitative estimate of drug-likeness (QED) is 0.0241. The number of non-ortho nitro benzene ring substituents is 1. The van der Waals surface area contributed by atoms with Gasteiger partial charge in [-0.2, -0.15) is 0 Å². The normalized spacial score (nSPS) is 22.5. The smallest absolute Gasteiger partial charge is 0.269 e. The summed E-state index contributed by atoms with van der Waals surface area (Å²) in [5.74, 6) is -1.05. The average Bonchev–Trinajstić information content (AvgIpc) is 3.33. The fraction of sp³-hybridized carbons (Fsp3) is 0.415. The Morgan fingerprint density at radius 3 is 2.48 bits per heavy atom. The van der Waals surface area contributed by atoms with Crippen LogP contribution in [0.1, 0.15) is 92.3 Å². The highest BCUT2D eigenvalue weighted by Gasteiger charge is 2.65. The van der Waals surface area contributed by atoms with Gasteiger partial charge in [0.1, 0.15) is 30.8 Å². The lowest BCUT2D eigenvalue weighted by Gasteiger charge is -2.60. The van der Waals surface area contributed by atoms with Crippen molar-refractivity contribution in [3.63, 3.8) is 0 Å². The molecular weight excluding hydrogens is 837 g/mol. The Bertz CT molecular complexity index is 2370. The highest BCUT2D eigenvalue weighted by atomic mass is 16.7. The van der Waals surface area contributed by atoms with Crippen LogP contribution in [0.2, 0.25) is 0 Å². The van der Waals surface area contributed by atoms with Gasteiger partial charge in [0, 0.05) is 61.6 Å². The van der Waals surface area contributed by atoms with E-state index >= 15 is 0 Å². The Morgan fingerprint density at radius 1 is 1.00 bits per heavy atom. The number of nitro benzene ring substituents is 1. The SMILES string of the molecule is C=CCOC12Oc3ccc(OCc4cccc(C)n4)cc3C3C(CCCCO)C(CCCCO)C=C(C(=NOCc4ccccc4)CC1N(CCC)C(=O)C=Cc1ccc([N+](=O)[O-])cc1)C32. The lowest BCUT2D eigenvalue weighted by atomic mass is 9.55. The number of amides is 1. The van der Waals surface area contributed by atoms with Crippen LogP contribution in [0.3, 0.4) is 0 Å². The molecule has 0 spiro atoms. The predicted molar refractivity (Wildman–Crippen MR) is 254 cm³/mol. The highest BCUT2D eigenvalue weighted by Crippen LogP contribution is 2.62. The summed E-state index contributed by atoms with van der Waals surface area (Å²) in [6.07, 6.45) is 12.6. The zero-order valence-electron chi connectivity index (χ0n) is 38.0. The van der Waals surface area contributed by atoms with Crippen LogP contribution in [0.15, 0.2) is 127 Å². The van der Waals surface area contributed by atoms with E-state index in [9.17, 15) is 25.1 Å². The van der Waals surface area contributed by atoms with Gasteiger partial charge in [-0.3, -0.25) is 19.9 Å². The van der Waals surface area contributed by atoms with Crippen LogP contribution in [0.4, 0.5) is 5.69 Å². The number of aromatic nitrogens is 1. The number of ether oxygens (including phenoxy) is 3. The summed E-state index contributed by atoms with van der Waals surface area (Å²) < 4.78 is 21.0. The number of aliphatic hydroxyl groups is 2. The maximum Gasteiger partial charge on any atom is 0.269 e. The van der Waals surface area contributed by atoms with Crippen LogP contribution in [0.5, 0.6) is 11.5 Å². The van der Waals surface area contributed by atoms with Gasteiger partial charge in [-0.15, -0.1) is 6.58 Å². The maximum atomic E-state index is 14.8. The van der Waals surface area contributed by atoms with Gasteiger partial charge in [-0.05, 0) is 116 Å². The van der Waals surface area contributed by atoms with Crippen molar-refractivity contribution in [1.29, 1.82) is 0 Å². The number of aliphatic hydroxyl groups excluding tert-OH is 2. The Balaban J connectivity index is 1.40. The molecule has 7 rings (SSSR count). The second-order valence-corrected chi connectivity index (χ2v) is 17.3. The molecule has 2 aliphatic carbocycles. The van der Waals surface area contributed by atoms with Crippen LogP contribution in [0.25, 0.3) is 6.08 Å². The Morgan fingerprint density at radius 2 is 1.77 bits per heavy atom. The van der Waals surface area contributed by atoms with Crippen molar-refractivity contribution in [2.24, 2.45) is 22.9 Å². The van der Waals surface area contributed by atoms with E-state index in [4.69, 9.17) is 24.2 Å². The molecular formula is C53H62N4O9. The maximum absolute atomic E-state index is 14.8. The first-order chi connectivity index (χ1) is 32.2. The molecule has 1 aromatic heterocycles. The van der Waals surface area contributed by atoms with Gasteiger partial charge in [0.05, 0.1) is 28.9 Å². The molecule has 1 aliphatic heterocycles. The van der Waals surface area contributed by atoms with Gasteiger partial charge in [0.25, 0.3) is 5.69 Å². The van der Waals surface area contributed by atoms with E-state index in [0.717, 1.165) is 53.8 Å². The third-order valence-corrected chi connectivity index (χ3v) is 12.9. The Labute approximate surface area is 387 Å². The summed E-state index contributed by atoms with van der Waals surface area (Å²) in [4.78, 5) is 38.4. The monoisotopic (exact) mass is 898 g/mol. The minimum absolute atomic E-state index is 0.0367. The number of oxime groups is 1. The molecule has 13 nitrogen and oxygen atoms in total. The number of hydrogen-bond donors (Lipinski definition) is 2. The van der Waals surface area contributed by atoms with Crippen molar-refractivity contribution in [2.45, 2.75) is 96.2 Å². The number of nitrogens with zero attached hydrogens (tertiary/aromatic N) is 4. The van der Waals surface area contributed by atoms with E-state index in [1.54, 1.807) is 24.3 Å². The minimum atomic E-state index is -1.43. The molecule has 348 valence electrons. The van der Waals surface area contributed by atoms with Crippen molar-refractivity contribution < 1.29 is 39.0 Å². The van der Waals surface area contributed by atoms with Crippen LogP contribution in [0, 0.1) is 34.8 Å². The number of allylic oxidation sites excluding steroid dienone is 1.